The molecular formula is C17H27NO. The van der Waals surface area contributed by atoms with Crippen molar-refractivity contribution >= 4 is 0 Å². The summed E-state index contributed by atoms with van der Waals surface area (Å²) in [6.45, 7) is 8.84. The van der Waals surface area contributed by atoms with Crippen molar-refractivity contribution in [2.45, 2.75) is 52.2 Å². The number of nitrogens with zero attached hydrogens (tertiary/aromatic N) is 1. The molecule has 1 saturated heterocycles. The van der Waals surface area contributed by atoms with Crippen LogP contribution in [-0.2, 0) is 6.42 Å². The van der Waals surface area contributed by atoms with Gasteiger partial charge in [-0.3, -0.25) is 4.90 Å². The van der Waals surface area contributed by atoms with Crippen LogP contribution in [0.5, 0.6) is 0 Å². The average molecular weight is 261 g/mol. The molecule has 0 spiro atoms. The van der Waals surface area contributed by atoms with Gasteiger partial charge in [0, 0.05) is 12.6 Å². The Labute approximate surface area is 117 Å². The van der Waals surface area contributed by atoms with Crippen molar-refractivity contribution in [1.82, 2.24) is 4.90 Å². The van der Waals surface area contributed by atoms with Gasteiger partial charge in [0.15, 0.2) is 0 Å². The Morgan fingerprint density at radius 3 is 2.47 bits per heavy atom. The van der Waals surface area contributed by atoms with Crippen LogP contribution >= 0.6 is 0 Å². The highest BCUT2D eigenvalue weighted by atomic mass is 16.3. The first-order chi connectivity index (χ1) is 9.15. The van der Waals surface area contributed by atoms with Gasteiger partial charge in [0.1, 0.15) is 0 Å². The molecule has 1 N–H and O–H groups in total. The predicted molar refractivity (Wildman–Crippen MR) is 80.2 cm³/mol. The van der Waals surface area contributed by atoms with Crippen LogP contribution in [0.25, 0.3) is 0 Å². The van der Waals surface area contributed by atoms with E-state index in [1.165, 1.54) is 18.4 Å². The molecule has 0 aromatic heterocycles. The fourth-order valence-corrected chi connectivity index (χ4v) is 2.99. The van der Waals surface area contributed by atoms with Crippen molar-refractivity contribution in [3.63, 3.8) is 0 Å². The third-order valence-corrected chi connectivity index (χ3v) is 4.66. The summed E-state index contributed by atoms with van der Waals surface area (Å²) in [5.41, 5.74) is 2.38. The summed E-state index contributed by atoms with van der Waals surface area (Å²) in [7, 11) is 0. The van der Waals surface area contributed by atoms with E-state index in [4.69, 9.17) is 0 Å². The summed E-state index contributed by atoms with van der Waals surface area (Å²) >= 11 is 0. The van der Waals surface area contributed by atoms with Crippen LogP contribution in [0.2, 0.25) is 0 Å². The zero-order chi connectivity index (χ0) is 13.8. The summed E-state index contributed by atoms with van der Waals surface area (Å²) < 4.78 is 0. The molecule has 19 heavy (non-hydrogen) atoms. The molecule has 3 unspecified atom stereocenters. The van der Waals surface area contributed by atoms with E-state index < -0.39 is 0 Å². The Hall–Kier alpha value is -0.860. The van der Waals surface area contributed by atoms with Crippen LogP contribution in [0, 0.1) is 5.92 Å². The van der Waals surface area contributed by atoms with E-state index in [1.54, 1.807) is 0 Å². The SMILES string of the molecule is CCc1ccc(C(O)C(C)N2CCC(CC)C2)cc1. The lowest BCUT2D eigenvalue weighted by atomic mass is 10.0. The Kier molecular flexibility index (Phi) is 5.00. The van der Waals surface area contributed by atoms with Crippen LogP contribution in [-0.4, -0.2) is 29.1 Å². The lowest BCUT2D eigenvalue weighted by molar-refractivity contribution is 0.0693. The number of benzene rings is 1. The summed E-state index contributed by atoms with van der Waals surface area (Å²) in [5, 5.41) is 10.5. The fraction of sp³-hybridized carbons (Fsp3) is 0.647. The van der Waals surface area contributed by atoms with Gasteiger partial charge in [-0.25, -0.2) is 0 Å². The summed E-state index contributed by atoms with van der Waals surface area (Å²) in [6, 6.07) is 8.62. The molecule has 0 aliphatic carbocycles. The molecule has 2 rings (SSSR count). The van der Waals surface area contributed by atoms with E-state index in [9.17, 15) is 5.11 Å². The first kappa shape index (κ1) is 14.5. The van der Waals surface area contributed by atoms with Crippen molar-refractivity contribution in [2.24, 2.45) is 5.92 Å². The van der Waals surface area contributed by atoms with Gasteiger partial charge in [0.2, 0.25) is 0 Å². The molecule has 1 aliphatic heterocycles. The maximum atomic E-state index is 10.5. The molecule has 2 nitrogen and oxygen atoms in total. The van der Waals surface area contributed by atoms with Crippen LogP contribution < -0.4 is 0 Å². The van der Waals surface area contributed by atoms with Gasteiger partial charge >= 0.3 is 0 Å². The third-order valence-electron chi connectivity index (χ3n) is 4.66. The Bertz CT molecular complexity index is 387. The molecular weight excluding hydrogens is 234 g/mol. The van der Waals surface area contributed by atoms with Crippen LogP contribution in [0.1, 0.15) is 50.8 Å². The van der Waals surface area contributed by atoms with E-state index >= 15 is 0 Å². The van der Waals surface area contributed by atoms with Crippen molar-refractivity contribution in [3.05, 3.63) is 35.4 Å². The number of rotatable bonds is 5. The van der Waals surface area contributed by atoms with E-state index in [1.807, 2.05) is 0 Å². The molecule has 1 aromatic rings. The highest BCUT2D eigenvalue weighted by Gasteiger charge is 2.29. The van der Waals surface area contributed by atoms with E-state index in [0.29, 0.717) is 0 Å². The zero-order valence-electron chi connectivity index (χ0n) is 12.5. The van der Waals surface area contributed by atoms with Crippen LogP contribution in [0.3, 0.4) is 0 Å². The van der Waals surface area contributed by atoms with Crippen molar-refractivity contribution < 1.29 is 5.11 Å². The van der Waals surface area contributed by atoms with Gasteiger partial charge in [0.05, 0.1) is 6.10 Å². The largest absolute Gasteiger partial charge is 0.387 e. The average Bonchev–Trinajstić information content (AvgIpc) is 2.94. The Morgan fingerprint density at radius 2 is 1.95 bits per heavy atom. The fourth-order valence-electron chi connectivity index (χ4n) is 2.99. The second-order valence-electron chi connectivity index (χ2n) is 5.84. The molecule has 3 atom stereocenters. The number of aliphatic hydroxyl groups is 1. The second-order valence-corrected chi connectivity index (χ2v) is 5.84. The van der Waals surface area contributed by atoms with Gasteiger partial charge in [-0.2, -0.15) is 0 Å². The van der Waals surface area contributed by atoms with Gasteiger partial charge in [-0.1, -0.05) is 44.5 Å². The predicted octanol–water partition coefficient (Wildman–Crippen LogP) is 3.40. The Balaban J connectivity index is 1.99. The van der Waals surface area contributed by atoms with Gasteiger partial charge < -0.3 is 5.11 Å². The van der Waals surface area contributed by atoms with Crippen molar-refractivity contribution in [1.29, 1.82) is 0 Å². The van der Waals surface area contributed by atoms with Gasteiger partial charge in [-0.05, 0) is 43.4 Å². The highest BCUT2D eigenvalue weighted by molar-refractivity contribution is 5.25. The lowest BCUT2D eigenvalue weighted by Gasteiger charge is -2.29. The molecule has 1 heterocycles. The van der Waals surface area contributed by atoms with E-state index in [-0.39, 0.29) is 12.1 Å². The van der Waals surface area contributed by atoms with Gasteiger partial charge in [0.25, 0.3) is 0 Å². The standard InChI is InChI=1S/C17H27NO/c1-4-14-6-8-16(9-7-14)17(19)13(3)18-11-10-15(5-2)12-18/h6-9,13,15,17,19H,4-5,10-12H2,1-3H3. The molecule has 0 bridgehead atoms. The maximum Gasteiger partial charge on any atom is 0.0942 e. The smallest absolute Gasteiger partial charge is 0.0942 e. The number of aliphatic hydroxyl groups excluding tert-OH is 1. The monoisotopic (exact) mass is 261 g/mol. The topological polar surface area (TPSA) is 23.5 Å². The first-order valence-electron chi connectivity index (χ1n) is 7.66. The molecule has 1 fully saturated rings. The minimum atomic E-state index is -0.374. The quantitative estimate of drug-likeness (QED) is 0.878. The number of hydrogen-bond acceptors (Lipinski definition) is 2. The minimum Gasteiger partial charge on any atom is -0.387 e. The number of likely N-dealkylation sites (tertiary alicyclic amines) is 1. The normalized spacial score (nSPS) is 23.5. The third kappa shape index (κ3) is 3.37. The molecule has 0 amide bonds. The first-order valence-corrected chi connectivity index (χ1v) is 7.66. The molecule has 0 saturated carbocycles. The van der Waals surface area contributed by atoms with Crippen LogP contribution in [0.4, 0.5) is 0 Å². The van der Waals surface area contributed by atoms with Crippen LogP contribution in [0.15, 0.2) is 24.3 Å². The lowest BCUT2D eigenvalue weighted by Crippen LogP contribution is -2.35. The summed E-state index contributed by atoms with van der Waals surface area (Å²) in [6.07, 6.45) is 3.21. The van der Waals surface area contributed by atoms with E-state index in [2.05, 4.69) is 49.9 Å². The molecule has 2 heteroatoms. The number of aryl methyl sites for hydroxylation is 1. The van der Waals surface area contributed by atoms with E-state index in [0.717, 1.165) is 31.0 Å². The van der Waals surface area contributed by atoms with Crippen molar-refractivity contribution in [2.75, 3.05) is 13.1 Å². The molecule has 1 aromatic carbocycles. The summed E-state index contributed by atoms with van der Waals surface area (Å²) in [4.78, 5) is 2.44. The highest BCUT2D eigenvalue weighted by Crippen LogP contribution is 2.27. The Morgan fingerprint density at radius 1 is 1.26 bits per heavy atom. The molecule has 0 radical (unpaired) electrons. The molecule has 106 valence electrons. The summed E-state index contributed by atoms with van der Waals surface area (Å²) in [5.74, 6) is 0.817. The minimum absolute atomic E-state index is 0.212. The van der Waals surface area contributed by atoms with Crippen molar-refractivity contribution in [3.8, 4) is 0 Å². The zero-order valence-corrected chi connectivity index (χ0v) is 12.5. The molecule has 1 aliphatic rings. The number of hydrogen-bond donors (Lipinski definition) is 1. The van der Waals surface area contributed by atoms with Gasteiger partial charge in [-0.15, -0.1) is 0 Å². The maximum absolute atomic E-state index is 10.5. The second kappa shape index (κ2) is 6.53.